The lowest BCUT2D eigenvalue weighted by Crippen LogP contribution is -2.52. The average molecular weight is 588 g/mol. The van der Waals surface area contributed by atoms with Crippen molar-refractivity contribution in [3.8, 4) is 17.6 Å². The molecule has 1 saturated heterocycles. The Kier molecular flexibility index (Phi) is 11.0. The number of hydrazone groups is 1. The molecule has 1 fully saturated rings. The van der Waals surface area contributed by atoms with Crippen LogP contribution in [0.3, 0.4) is 0 Å². The van der Waals surface area contributed by atoms with Gasteiger partial charge in [0.2, 0.25) is 23.6 Å². The molecule has 2 aliphatic rings. The maximum atomic E-state index is 13.0. The molecular formula is C31H33N5O7. The molecule has 0 bridgehead atoms. The number of hydrogen-bond acceptors (Lipinski definition) is 8. The van der Waals surface area contributed by atoms with E-state index in [2.05, 4.69) is 27.7 Å². The number of unbranched alkanes of at least 4 members (excludes halogenated alkanes) is 3. The summed E-state index contributed by atoms with van der Waals surface area (Å²) in [7, 11) is 0. The Morgan fingerprint density at radius 3 is 2.51 bits per heavy atom. The van der Waals surface area contributed by atoms with Gasteiger partial charge in [-0.1, -0.05) is 30.7 Å². The SMILES string of the molecule is O=C(CCCCCCC(=O)NN=Cc1ccc(OCC#Cc2cccc3c2CN(C2CCC(=O)NC2=O)C3=O)cc1)NO. The van der Waals surface area contributed by atoms with Crippen LogP contribution in [0.15, 0.2) is 47.6 Å². The van der Waals surface area contributed by atoms with Crippen molar-refractivity contribution in [3.05, 3.63) is 64.7 Å². The molecule has 4 rings (SSSR count). The van der Waals surface area contributed by atoms with Crippen LogP contribution in [0, 0.1) is 11.8 Å². The van der Waals surface area contributed by atoms with Crippen LogP contribution in [-0.2, 0) is 25.7 Å². The molecule has 5 amide bonds. The van der Waals surface area contributed by atoms with Crippen LogP contribution in [0.25, 0.3) is 0 Å². The number of piperidine rings is 1. The number of amides is 5. The van der Waals surface area contributed by atoms with Gasteiger partial charge in [0.15, 0.2) is 0 Å². The Balaban J connectivity index is 1.20. The van der Waals surface area contributed by atoms with Crippen molar-refractivity contribution in [3.63, 3.8) is 0 Å². The lowest BCUT2D eigenvalue weighted by Gasteiger charge is -2.29. The van der Waals surface area contributed by atoms with Gasteiger partial charge < -0.3 is 9.64 Å². The van der Waals surface area contributed by atoms with Gasteiger partial charge in [-0.25, -0.2) is 10.9 Å². The molecule has 2 aromatic carbocycles. The van der Waals surface area contributed by atoms with Crippen LogP contribution >= 0.6 is 0 Å². The summed E-state index contributed by atoms with van der Waals surface area (Å²) in [6.45, 7) is 0.371. The minimum Gasteiger partial charge on any atom is -0.481 e. The first kappa shape index (κ1) is 30.9. The second kappa shape index (κ2) is 15.3. The zero-order valence-corrected chi connectivity index (χ0v) is 23.6. The van der Waals surface area contributed by atoms with Crippen LogP contribution in [-0.4, -0.2) is 58.5 Å². The second-order valence-electron chi connectivity index (χ2n) is 10.1. The Hall–Kier alpha value is -5.02. The van der Waals surface area contributed by atoms with Crippen LogP contribution in [0.2, 0.25) is 0 Å². The Labute approximate surface area is 248 Å². The molecule has 0 aliphatic carbocycles. The van der Waals surface area contributed by atoms with E-state index in [0.717, 1.165) is 24.0 Å². The maximum absolute atomic E-state index is 13.0. The van der Waals surface area contributed by atoms with Crippen molar-refractivity contribution in [2.75, 3.05) is 6.61 Å². The first-order valence-electron chi connectivity index (χ1n) is 14.1. The molecule has 0 saturated carbocycles. The van der Waals surface area contributed by atoms with E-state index in [0.29, 0.717) is 42.6 Å². The summed E-state index contributed by atoms with van der Waals surface area (Å²) in [5, 5.41) is 14.7. The number of hydroxylamine groups is 1. The number of nitrogens with zero attached hydrogens (tertiary/aromatic N) is 2. The van der Waals surface area contributed by atoms with Crippen molar-refractivity contribution in [2.45, 2.75) is 64.0 Å². The second-order valence-corrected chi connectivity index (χ2v) is 10.1. The van der Waals surface area contributed by atoms with Gasteiger partial charge >= 0.3 is 0 Å². The number of fused-ring (bicyclic) bond motifs is 1. The molecule has 2 aliphatic heterocycles. The fourth-order valence-corrected chi connectivity index (χ4v) is 4.82. The van der Waals surface area contributed by atoms with Gasteiger partial charge in [0.1, 0.15) is 18.4 Å². The van der Waals surface area contributed by atoms with Crippen LogP contribution < -0.4 is 21.0 Å². The highest BCUT2D eigenvalue weighted by Gasteiger charge is 2.39. The van der Waals surface area contributed by atoms with E-state index in [4.69, 9.17) is 9.94 Å². The van der Waals surface area contributed by atoms with E-state index < -0.39 is 17.9 Å². The molecule has 0 radical (unpaired) electrons. The average Bonchev–Trinajstić information content (AvgIpc) is 3.34. The molecule has 43 heavy (non-hydrogen) atoms. The predicted octanol–water partition coefficient (Wildman–Crippen LogP) is 2.17. The largest absolute Gasteiger partial charge is 0.481 e. The third-order valence-electron chi connectivity index (χ3n) is 7.08. The molecule has 12 nitrogen and oxygen atoms in total. The molecule has 0 spiro atoms. The normalized spacial score (nSPS) is 15.9. The molecule has 2 heterocycles. The van der Waals surface area contributed by atoms with Gasteiger partial charge in [0, 0.05) is 36.9 Å². The van der Waals surface area contributed by atoms with Crippen molar-refractivity contribution in [1.82, 2.24) is 21.1 Å². The lowest BCUT2D eigenvalue weighted by atomic mass is 10.0. The third-order valence-corrected chi connectivity index (χ3v) is 7.08. The summed E-state index contributed by atoms with van der Waals surface area (Å²) < 4.78 is 5.71. The van der Waals surface area contributed by atoms with E-state index in [1.165, 1.54) is 11.1 Å². The molecule has 1 atom stereocenters. The van der Waals surface area contributed by atoms with E-state index in [1.54, 1.807) is 41.9 Å². The predicted molar refractivity (Wildman–Crippen MR) is 155 cm³/mol. The van der Waals surface area contributed by atoms with Crippen molar-refractivity contribution >= 4 is 35.8 Å². The monoisotopic (exact) mass is 587 g/mol. The Morgan fingerprint density at radius 2 is 1.79 bits per heavy atom. The first-order valence-corrected chi connectivity index (χ1v) is 14.1. The van der Waals surface area contributed by atoms with E-state index in [9.17, 15) is 24.0 Å². The van der Waals surface area contributed by atoms with E-state index in [-0.39, 0.29) is 43.7 Å². The number of ether oxygens (including phenoxy) is 1. The van der Waals surface area contributed by atoms with Gasteiger partial charge in [-0.3, -0.25) is 34.5 Å². The topological polar surface area (TPSA) is 166 Å². The summed E-state index contributed by atoms with van der Waals surface area (Å²) in [5.41, 5.74) is 6.80. The number of imide groups is 1. The van der Waals surface area contributed by atoms with Crippen molar-refractivity contribution < 1.29 is 33.9 Å². The highest BCUT2D eigenvalue weighted by atomic mass is 16.5. The molecule has 12 heteroatoms. The third kappa shape index (κ3) is 8.73. The molecular weight excluding hydrogens is 554 g/mol. The number of hydrogen-bond donors (Lipinski definition) is 4. The number of carbonyl (C=O) groups excluding carboxylic acids is 5. The zero-order valence-electron chi connectivity index (χ0n) is 23.6. The number of benzene rings is 2. The highest BCUT2D eigenvalue weighted by molar-refractivity contribution is 6.05. The number of nitrogens with one attached hydrogen (secondary N) is 3. The summed E-state index contributed by atoms with van der Waals surface area (Å²) in [4.78, 5) is 61.1. The minimum atomic E-state index is -0.678. The standard InChI is InChI=1S/C31H33N5O7/c37-27-17-16-26(30(40)33-27)36-20-25-22(7-5-9-24(25)31(36)41)8-6-18-43-23-14-12-21(13-15-23)19-32-34-28(38)10-3-1-2-4-11-29(39)35-42/h5,7,9,12-15,19,26,42H,1-4,10-11,16-18,20H2,(H,34,38)(H,35,39)(H,33,37,40). The summed E-state index contributed by atoms with van der Waals surface area (Å²) in [6.07, 6.45) is 5.56. The van der Waals surface area contributed by atoms with Gasteiger partial charge in [0.25, 0.3) is 5.91 Å². The van der Waals surface area contributed by atoms with Gasteiger partial charge in [0.05, 0.1) is 6.21 Å². The van der Waals surface area contributed by atoms with Gasteiger partial charge in [-0.2, -0.15) is 5.10 Å². The fourth-order valence-electron chi connectivity index (χ4n) is 4.82. The summed E-state index contributed by atoms with van der Waals surface area (Å²) in [5.74, 6) is 5.01. The summed E-state index contributed by atoms with van der Waals surface area (Å²) >= 11 is 0. The highest BCUT2D eigenvalue weighted by Crippen LogP contribution is 2.29. The zero-order chi connectivity index (χ0) is 30.6. The summed E-state index contributed by atoms with van der Waals surface area (Å²) in [6, 6.07) is 11.7. The fraction of sp³-hybridized carbons (Fsp3) is 0.355. The minimum absolute atomic E-state index is 0.118. The van der Waals surface area contributed by atoms with Gasteiger partial charge in [-0.15, -0.1) is 0 Å². The lowest BCUT2D eigenvalue weighted by molar-refractivity contribution is -0.137. The van der Waals surface area contributed by atoms with E-state index in [1.807, 2.05) is 6.07 Å². The molecule has 1 unspecified atom stereocenters. The quantitative estimate of drug-likeness (QED) is 0.0737. The number of carbonyl (C=O) groups is 5. The Morgan fingerprint density at radius 1 is 1.05 bits per heavy atom. The van der Waals surface area contributed by atoms with Crippen molar-refractivity contribution in [2.24, 2.45) is 5.10 Å². The van der Waals surface area contributed by atoms with Crippen molar-refractivity contribution in [1.29, 1.82) is 0 Å². The van der Waals surface area contributed by atoms with E-state index >= 15 is 0 Å². The van der Waals surface area contributed by atoms with Gasteiger partial charge in [-0.05, 0) is 66.8 Å². The molecule has 4 N–H and O–H groups in total. The molecule has 2 aromatic rings. The Bertz CT molecular complexity index is 1460. The molecule has 224 valence electrons. The first-order chi connectivity index (χ1) is 20.9. The van der Waals surface area contributed by atoms with Crippen LogP contribution in [0.4, 0.5) is 0 Å². The van der Waals surface area contributed by atoms with Crippen LogP contribution in [0.5, 0.6) is 5.75 Å². The smallest absolute Gasteiger partial charge is 0.255 e. The van der Waals surface area contributed by atoms with Crippen LogP contribution in [0.1, 0.15) is 78.4 Å². The maximum Gasteiger partial charge on any atom is 0.255 e. The number of rotatable bonds is 12. The molecule has 0 aromatic heterocycles.